The highest BCUT2D eigenvalue weighted by Gasteiger charge is 2.26. The Kier molecular flexibility index (Phi) is 42.0. The molecule has 0 rings (SSSR count). The number of rotatable bonds is 45. The predicted molar refractivity (Wildman–Crippen MR) is 252 cm³/mol. The van der Waals surface area contributed by atoms with Gasteiger partial charge in [0.05, 0.1) is 34.4 Å². The van der Waals surface area contributed by atoms with Gasteiger partial charge in [-0.15, -0.1) is 0 Å². The van der Waals surface area contributed by atoms with Crippen molar-refractivity contribution in [2.24, 2.45) is 0 Å². The van der Waals surface area contributed by atoms with Gasteiger partial charge in [0.25, 0.3) is 0 Å². The number of quaternary nitrogens is 1. The van der Waals surface area contributed by atoms with Gasteiger partial charge < -0.3 is 18.9 Å². The summed E-state index contributed by atoms with van der Waals surface area (Å²) in [4.78, 5) is 22.9. The fraction of sp³-hybridized carbons (Fsp3) is 0.820. The van der Waals surface area contributed by atoms with Crippen LogP contribution in [0, 0.1) is 0 Å². The maximum Gasteiger partial charge on any atom is 0.472 e. The second-order valence-electron chi connectivity index (χ2n) is 17.5. The first-order valence-corrected chi connectivity index (χ1v) is 25.9. The molecule has 0 fully saturated rings. The normalized spacial score (nSPS) is 14.1. The number of allylic oxidation sites excluding steroid dienone is 8. The van der Waals surface area contributed by atoms with Crippen LogP contribution in [-0.2, 0) is 27.9 Å². The quantitative estimate of drug-likeness (QED) is 0.0214. The van der Waals surface area contributed by atoms with Crippen molar-refractivity contribution in [1.29, 1.82) is 0 Å². The first kappa shape index (κ1) is 57.5. The summed E-state index contributed by atoms with van der Waals surface area (Å²) in [6.45, 7) is 5.50. The monoisotopic (exact) mass is 853 g/mol. The summed E-state index contributed by atoms with van der Waals surface area (Å²) >= 11 is 0. The van der Waals surface area contributed by atoms with Gasteiger partial charge in [0.15, 0.2) is 0 Å². The van der Waals surface area contributed by atoms with E-state index in [4.69, 9.17) is 18.5 Å². The number of hydrogen-bond donors (Lipinski definition) is 1. The van der Waals surface area contributed by atoms with Crippen molar-refractivity contribution in [3.8, 4) is 0 Å². The lowest BCUT2D eigenvalue weighted by molar-refractivity contribution is -0.870. The van der Waals surface area contributed by atoms with Crippen LogP contribution in [0.1, 0.15) is 206 Å². The lowest BCUT2D eigenvalue weighted by atomic mass is 10.1. The van der Waals surface area contributed by atoms with Gasteiger partial charge in [0.1, 0.15) is 19.3 Å². The van der Waals surface area contributed by atoms with E-state index in [9.17, 15) is 14.3 Å². The number of hydrogen-bond acceptors (Lipinski definition) is 6. The second kappa shape index (κ2) is 43.1. The Balaban J connectivity index is 4.15. The molecule has 2 atom stereocenters. The molecule has 1 N–H and O–H groups in total. The third-order valence-electron chi connectivity index (χ3n) is 10.4. The van der Waals surface area contributed by atoms with Crippen molar-refractivity contribution in [3.63, 3.8) is 0 Å². The minimum absolute atomic E-state index is 0.0837. The van der Waals surface area contributed by atoms with Crippen LogP contribution in [0.2, 0.25) is 0 Å². The molecular formula is C50H95NO7P+. The van der Waals surface area contributed by atoms with Crippen LogP contribution in [-0.4, -0.2) is 75.6 Å². The smallest absolute Gasteiger partial charge is 0.457 e. The van der Waals surface area contributed by atoms with E-state index in [1.54, 1.807) is 0 Å². The van der Waals surface area contributed by atoms with Crippen LogP contribution >= 0.6 is 7.82 Å². The maximum atomic E-state index is 12.7. The van der Waals surface area contributed by atoms with Crippen molar-refractivity contribution < 1.29 is 37.3 Å². The summed E-state index contributed by atoms with van der Waals surface area (Å²) < 4.78 is 35.1. The molecule has 0 saturated heterocycles. The Labute approximate surface area is 365 Å². The van der Waals surface area contributed by atoms with Crippen molar-refractivity contribution in [2.45, 2.75) is 213 Å². The highest BCUT2D eigenvalue weighted by Crippen LogP contribution is 2.43. The Bertz CT molecular complexity index is 1080. The van der Waals surface area contributed by atoms with Gasteiger partial charge in [0.2, 0.25) is 0 Å². The van der Waals surface area contributed by atoms with Gasteiger partial charge in [-0.25, -0.2) is 4.57 Å². The number of unbranched alkanes of at least 4 members (excludes halogenated alkanes) is 23. The molecule has 0 aliphatic rings. The maximum absolute atomic E-state index is 12.7. The van der Waals surface area contributed by atoms with Gasteiger partial charge in [0, 0.05) is 13.0 Å². The summed E-state index contributed by atoms with van der Waals surface area (Å²) in [5.74, 6) is -0.330. The molecule has 2 unspecified atom stereocenters. The third-order valence-corrected chi connectivity index (χ3v) is 11.4. The lowest BCUT2D eigenvalue weighted by Gasteiger charge is -2.24. The minimum Gasteiger partial charge on any atom is -0.457 e. The van der Waals surface area contributed by atoms with Crippen LogP contribution in [0.25, 0.3) is 0 Å². The van der Waals surface area contributed by atoms with Crippen LogP contribution in [0.15, 0.2) is 48.6 Å². The summed E-state index contributed by atoms with van der Waals surface area (Å²) in [5.41, 5.74) is 0. The number of carbonyl (C=O) groups is 1. The molecule has 0 aromatic carbocycles. The summed E-state index contributed by atoms with van der Waals surface area (Å²) in [6.07, 6.45) is 53.0. The van der Waals surface area contributed by atoms with E-state index in [2.05, 4.69) is 62.5 Å². The Morgan fingerprint density at radius 2 is 0.983 bits per heavy atom. The van der Waals surface area contributed by atoms with E-state index in [-0.39, 0.29) is 25.8 Å². The molecule has 0 aromatic rings. The number of esters is 1. The van der Waals surface area contributed by atoms with Crippen LogP contribution in [0.5, 0.6) is 0 Å². The van der Waals surface area contributed by atoms with E-state index in [0.29, 0.717) is 24.1 Å². The molecule has 8 nitrogen and oxygen atoms in total. The largest absolute Gasteiger partial charge is 0.472 e. The highest BCUT2D eigenvalue weighted by atomic mass is 31.2. The second-order valence-corrected chi connectivity index (χ2v) is 18.9. The standard InChI is InChI=1S/C50H94NO7P/c1-6-8-10-12-14-16-18-20-22-23-24-25-26-27-28-30-32-34-36-38-40-42-45-55-47-49(48-57-59(53,54)56-46-44-51(3,4)5)58-50(52)43-41-39-37-35-33-31-29-21-19-17-15-13-11-9-7-2/h9,11,15,17,21,23-24,29,49H,6-8,10,12-14,16,18-20,22,25-28,30-48H2,1-5H3/p+1/b11-9-,17-15-,24-23-,29-21-. The summed E-state index contributed by atoms with van der Waals surface area (Å²) in [6, 6.07) is 0. The molecular weight excluding hydrogens is 758 g/mol. The van der Waals surface area contributed by atoms with Crippen molar-refractivity contribution in [1.82, 2.24) is 0 Å². The number of phosphoric ester groups is 1. The molecule has 9 heteroatoms. The molecule has 346 valence electrons. The molecule has 0 saturated carbocycles. The molecule has 0 radical (unpaired) electrons. The zero-order valence-electron chi connectivity index (χ0n) is 39.2. The lowest BCUT2D eigenvalue weighted by Crippen LogP contribution is -2.37. The number of likely N-dealkylation sites (N-methyl/N-ethyl adjacent to an activating group) is 1. The molecule has 0 aliphatic heterocycles. The van der Waals surface area contributed by atoms with Gasteiger partial charge in [-0.3, -0.25) is 13.8 Å². The topological polar surface area (TPSA) is 91.3 Å². The Morgan fingerprint density at radius 3 is 1.49 bits per heavy atom. The number of phosphoric acid groups is 1. The fourth-order valence-corrected chi connectivity index (χ4v) is 7.36. The van der Waals surface area contributed by atoms with Crippen LogP contribution in [0.3, 0.4) is 0 Å². The minimum atomic E-state index is -4.28. The number of nitrogens with zero attached hydrogens (tertiary/aromatic N) is 1. The fourth-order valence-electron chi connectivity index (χ4n) is 6.62. The average molecular weight is 853 g/mol. The molecule has 0 aliphatic carbocycles. The number of ether oxygens (including phenoxy) is 2. The Hall–Kier alpha value is -1.54. The van der Waals surface area contributed by atoms with Gasteiger partial charge in [-0.2, -0.15) is 0 Å². The SMILES string of the molecule is CC/C=C\C/C=C\C/C=C\CCCCCCCC(=O)OC(COCCCCCCCCCCCC/C=C\CCCCCCCCCC)COP(=O)(O)OCC[N+](C)(C)C. The van der Waals surface area contributed by atoms with Crippen molar-refractivity contribution in [2.75, 3.05) is 54.1 Å². The van der Waals surface area contributed by atoms with E-state index in [1.165, 1.54) is 116 Å². The summed E-state index contributed by atoms with van der Waals surface area (Å²) in [5, 5.41) is 0. The zero-order valence-corrected chi connectivity index (χ0v) is 40.1. The van der Waals surface area contributed by atoms with Gasteiger partial charge >= 0.3 is 13.8 Å². The summed E-state index contributed by atoms with van der Waals surface area (Å²) in [7, 11) is 1.65. The average Bonchev–Trinajstić information content (AvgIpc) is 3.19. The van der Waals surface area contributed by atoms with Crippen LogP contribution < -0.4 is 0 Å². The molecule has 0 spiro atoms. The third kappa shape index (κ3) is 47.4. The van der Waals surface area contributed by atoms with Gasteiger partial charge in [-0.05, 0) is 70.6 Å². The predicted octanol–water partition coefficient (Wildman–Crippen LogP) is 14.7. The zero-order chi connectivity index (χ0) is 43.4. The van der Waals surface area contributed by atoms with E-state index < -0.39 is 13.9 Å². The first-order chi connectivity index (χ1) is 28.6. The van der Waals surface area contributed by atoms with Crippen molar-refractivity contribution >= 4 is 13.8 Å². The molecule has 0 aromatic heterocycles. The highest BCUT2D eigenvalue weighted by molar-refractivity contribution is 7.47. The van der Waals surface area contributed by atoms with E-state index >= 15 is 0 Å². The molecule has 0 amide bonds. The molecule has 0 bridgehead atoms. The van der Waals surface area contributed by atoms with Crippen molar-refractivity contribution in [3.05, 3.63) is 48.6 Å². The van der Waals surface area contributed by atoms with Gasteiger partial charge in [-0.1, -0.05) is 178 Å². The van der Waals surface area contributed by atoms with E-state index in [0.717, 1.165) is 70.6 Å². The number of carbonyl (C=O) groups excluding carboxylic acids is 1. The van der Waals surface area contributed by atoms with E-state index in [1.807, 2.05) is 21.1 Å². The molecule has 0 heterocycles. The first-order valence-electron chi connectivity index (χ1n) is 24.4. The van der Waals surface area contributed by atoms with Crippen LogP contribution in [0.4, 0.5) is 0 Å². The Morgan fingerprint density at radius 1 is 0.542 bits per heavy atom. The molecule has 59 heavy (non-hydrogen) atoms.